The van der Waals surface area contributed by atoms with Crippen molar-refractivity contribution in [1.82, 2.24) is 0 Å². The molecule has 16 heavy (non-hydrogen) atoms. The fourth-order valence-corrected chi connectivity index (χ4v) is 2.49. The van der Waals surface area contributed by atoms with Gasteiger partial charge >= 0.3 is 5.97 Å². The fraction of sp³-hybridized carbons (Fsp3) is 0.462. The summed E-state index contributed by atoms with van der Waals surface area (Å²) >= 11 is 0. The lowest BCUT2D eigenvalue weighted by Crippen LogP contribution is -2.19. The number of phenolic OH excluding ortho intramolecular Hbond substituents is 1. The summed E-state index contributed by atoms with van der Waals surface area (Å²) in [5.74, 6) is 0.117. The molecule has 2 rings (SSSR count). The molecule has 0 amide bonds. The maximum absolute atomic E-state index is 11.5. The van der Waals surface area contributed by atoms with Gasteiger partial charge in [0.25, 0.3) is 0 Å². The van der Waals surface area contributed by atoms with Crippen LogP contribution in [0.1, 0.15) is 30.4 Å². The first-order valence-corrected chi connectivity index (χ1v) is 5.53. The monoisotopic (exact) mass is 220 g/mol. The number of aromatic hydroxyl groups is 1. The van der Waals surface area contributed by atoms with Crippen LogP contribution in [-0.2, 0) is 16.0 Å². The van der Waals surface area contributed by atoms with Crippen LogP contribution in [0.25, 0.3) is 0 Å². The van der Waals surface area contributed by atoms with Crippen molar-refractivity contribution >= 4 is 5.97 Å². The third kappa shape index (κ3) is 1.77. The molecule has 0 aliphatic heterocycles. The van der Waals surface area contributed by atoms with Gasteiger partial charge in [-0.3, -0.25) is 4.79 Å². The highest BCUT2D eigenvalue weighted by Gasteiger charge is 2.31. The van der Waals surface area contributed by atoms with Gasteiger partial charge in [0.2, 0.25) is 0 Å². The molecule has 3 nitrogen and oxygen atoms in total. The van der Waals surface area contributed by atoms with E-state index in [4.69, 9.17) is 4.74 Å². The van der Waals surface area contributed by atoms with Crippen LogP contribution >= 0.6 is 0 Å². The lowest BCUT2D eigenvalue weighted by atomic mass is 9.88. The minimum absolute atomic E-state index is 0.145. The van der Waals surface area contributed by atoms with Crippen LogP contribution in [-0.4, -0.2) is 18.2 Å². The number of hydrogen-bond acceptors (Lipinski definition) is 3. The summed E-state index contributed by atoms with van der Waals surface area (Å²) in [5.41, 5.74) is 2.33. The van der Waals surface area contributed by atoms with Crippen molar-refractivity contribution in [1.29, 1.82) is 0 Å². The van der Waals surface area contributed by atoms with Gasteiger partial charge in [-0.1, -0.05) is 13.0 Å². The second kappa shape index (κ2) is 4.16. The molecular formula is C13H16O3. The summed E-state index contributed by atoms with van der Waals surface area (Å²) in [6.45, 7) is 1.88. The number of benzene rings is 1. The van der Waals surface area contributed by atoms with Gasteiger partial charge in [-0.15, -0.1) is 0 Å². The first kappa shape index (κ1) is 11.0. The zero-order chi connectivity index (χ0) is 11.7. The average Bonchev–Trinajstić information content (AvgIpc) is 2.69. The van der Waals surface area contributed by atoms with Crippen LogP contribution in [0.5, 0.6) is 5.75 Å². The Balaban J connectivity index is 2.29. The quantitative estimate of drug-likeness (QED) is 0.777. The summed E-state index contributed by atoms with van der Waals surface area (Å²) in [7, 11) is 1.41. The Hall–Kier alpha value is -1.51. The van der Waals surface area contributed by atoms with Crippen molar-refractivity contribution in [3.8, 4) is 5.75 Å². The molecular weight excluding hydrogens is 204 g/mol. The van der Waals surface area contributed by atoms with Gasteiger partial charge in [0.15, 0.2) is 0 Å². The number of methoxy groups -OCH3 is 1. The molecule has 0 radical (unpaired) electrons. The highest BCUT2D eigenvalue weighted by molar-refractivity contribution is 5.73. The van der Waals surface area contributed by atoms with Crippen molar-refractivity contribution in [2.45, 2.75) is 25.7 Å². The van der Waals surface area contributed by atoms with Gasteiger partial charge in [0.1, 0.15) is 5.75 Å². The van der Waals surface area contributed by atoms with Gasteiger partial charge < -0.3 is 9.84 Å². The summed E-state index contributed by atoms with van der Waals surface area (Å²) in [4.78, 5) is 11.5. The molecule has 0 heterocycles. The molecule has 0 spiro atoms. The number of ether oxygens (including phenoxy) is 1. The molecule has 1 aliphatic rings. The van der Waals surface area contributed by atoms with Crippen LogP contribution in [0, 0.1) is 5.92 Å². The van der Waals surface area contributed by atoms with Crippen LogP contribution < -0.4 is 0 Å². The molecule has 86 valence electrons. The van der Waals surface area contributed by atoms with Crippen molar-refractivity contribution < 1.29 is 14.6 Å². The maximum Gasteiger partial charge on any atom is 0.308 e. The van der Waals surface area contributed by atoms with E-state index in [-0.39, 0.29) is 23.6 Å². The van der Waals surface area contributed by atoms with E-state index in [1.807, 2.05) is 13.0 Å². The number of fused-ring (bicyclic) bond motifs is 1. The molecule has 1 N–H and O–H groups in total. The number of esters is 1. The Kier molecular flexibility index (Phi) is 2.86. The van der Waals surface area contributed by atoms with Crippen LogP contribution in [0.4, 0.5) is 0 Å². The van der Waals surface area contributed by atoms with Gasteiger partial charge in [-0.2, -0.15) is 0 Å². The highest BCUT2D eigenvalue weighted by Crippen LogP contribution is 2.40. The van der Waals surface area contributed by atoms with E-state index in [1.54, 1.807) is 12.1 Å². The molecule has 1 aromatic carbocycles. The average molecular weight is 220 g/mol. The Labute approximate surface area is 95.0 Å². The summed E-state index contributed by atoms with van der Waals surface area (Å²) in [6.07, 6.45) is 1.93. The lowest BCUT2D eigenvalue weighted by molar-refractivity contribution is -0.145. The lowest BCUT2D eigenvalue weighted by Gasteiger charge is -2.18. The maximum atomic E-state index is 11.5. The Morgan fingerprint density at radius 3 is 3.00 bits per heavy atom. The molecule has 0 bridgehead atoms. The third-order valence-electron chi connectivity index (χ3n) is 3.43. The molecule has 3 heteroatoms. The normalized spacial score (nSPS) is 20.2. The van der Waals surface area contributed by atoms with Crippen molar-refractivity contribution in [2.75, 3.05) is 7.11 Å². The van der Waals surface area contributed by atoms with Crippen molar-refractivity contribution in [2.24, 2.45) is 5.92 Å². The molecule has 0 saturated carbocycles. The predicted octanol–water partition coefficient (Wildman–Crippen LogP) is 2.23. The smallest absolute Gasteiger partial charge is 0.308 e. The number of phenols is 1. The Bertz CT molecular complexity index is 412. The zero-order valence-corrected chi connectivity index (χ0v) is 9.56. The van der Waals surface area contributed by atoms with E-state index in [9.17, 15) is 9.90 Å². The minimum atomic E-state index is -0.179. The number of rotatable bonds is 2. The van der Waals surface area contributed by atoms with E-state index >= 15 is 0 Å². The SMILES string of the molecule is COC(=O)C(C)[C@@H]1CCc2ccc(O)cc21. The first-order valence-electron chi connectivity index (χ1n) is 5.53. The van der Waals surface area contributed by atoms with Gasteiger partial charge in [-0.25, -0.2) is 0 Å². The molecule has 1 unspecified atom stereocenters. The number of carbonyl (C=O) groups excluding carboxylic acids is 1. The number of aryl methyl sites for hydroxylation is 1. The van der Waals surface area contributed by atoms with Crippen LogP contribution in [0.2, 0.25) is 0 Å². The van der Waals surface area contributed by atoms with Crippen LogP contribution in [0.15, 0.2) is 18.2 Å². The zero-order valence-electron chi connectivity index (χ0n) is 9.56. The van der Waals surface area contributed by atoms with Crippen LogP contribution in [0.3, 0.4) is 0 Å². The standard InChI is InChI=1S/C13H16O3/c1-8(13(15)16-2)11-6-4-9-3-5-10(14)7-12(9)11/h3,5,7-8,11,14H,4,6H2,1-2H3/t8?,11-/m0/s1. The van der Waals surface area contributed by atoms with E-state index in [2.05, 4.69) is 0 Å². The number of carbonyl (C=O) groups is 1. The van der Waals surface area contributed by atoms with Crippen molar-refractivity contribution in [3.63, 3.8) is 0 Å². The molecule has 0 fully saturated rings. The second-order valence-corrected chi connectivity index (χ2v) is 4.34. The number of hydrogen-bond donors (Lipinski definition) is 1. The minimum Gasteiger partial charge on any atom is -0.508 e. The third-order valence-corrected chi connectivity index (χ3v) is 3.43. The predicted molar refractivity (Wildman–Crippen MR) is 60.3 cm³/mol. The second-order valence-electron chi connectivity index (χ2n) is 4.34. The van der Waals surface area contributed by atoms with E-state index < -0.39 is 0 Å². The molecule has 2 atom stereocenters. The largest absolute Gasteiger partial charge is 0.508 e. The summed E-state index contributed by atoms with van der Waals surface area (Å²) < 4.78 is 4.77. The Morgan fingerprint density at radius 2 is 2.31 bits per heavy atom. The highest BCUT2D eigenvalue weighted by atomic mass is 16.5. The molecule has 1 aliphatic carbocycles. The van der Waals surface area contributed by atoms with Gasteiger partial charge in [0, 0.05) is 0 Å². The van der Waals surface area contributed by atoms with Gasteiger partial charge in [-0.05, 0) is 42.0 Å². The van der Waals surface area contributed by atoms with E-state index in [0.29, 0.717) is 0 Å². The summed E-state index contributed by atoms with van der Waals surface area (Å²) in [5, 5.41) is 9.48. The molecule has 0 saturated heterocycles. The summed E-state index contributed by atoms with van der Waals surface area (Å²) in [6, 6.07) is 5.41. The Morgan fingerprint density at radius 1 is 1.56 bits per heavy atom. The topological polar surface area (TPSA) is 46.5 Å². The molecule has 0 aromatic heterocycles. The van der Waals surface area contributed by atoms with E-state index in [0.717, 1.165) is 18.4 Å². The van der Waals surface area contributed by atoms with E-state index in [1.165, 1.54) is 12.7 Å². The fourth-order valence-electron chi connectivity index (χ4n) is 2.49. The van der Waals surface area contributed by atoms with Gasteiger partial charge in [0.05, 0.1) is 13.0 Å². The molecule has 1 aromatic rings. The van der Waals surface area contributed by atoms with Crippen molar-refractivity contribution in [3.05, 3.63) is 29.3 Å². The first-order chi connectivity index (χ1) is 7.63.